The minimum absolute atomic E-state index is 0.266. The fourth-order valence-electron chi connectivity index (χ4n) is 4.29. The summed E-state index contributed by atoms with van der Waals surface area (Å²) in [4.78, 5) is 15.7. The number of aryl methyl sites for hydroxylation is 3. The third-order valence-electron chi connectivity index (χ3n) is 5.90. The minimum Gasteiger partial charge on any atom is -0.492 e. The van der Waals surface area contributed by atoms with Crippen LogP contribution < -0.4 is 19.7 Å². The summed E-state index contributed by atoms with van der Waals surface area (Å²) in [5.41, 5.74) is 4.02. The third kappa shape index (κ3) is 4.61. The van der Waals surface area contributed by atoms with Crippen LogP contribution in [0.2, 0.25) is 0 Å². The standard InChI is InChI=1S/C25H33N5O4/c1-6-33-22-15-21(29-10-12-32-13-11-29)23(34-7-2)14-20(22)27-24(31)19-16-26-28(5)25(19)30-17(3)8-9-18(30)4/h8-9,14-16H,6-7,10-13H2,1-5H3,(H,27,31). The summed E-state index contributed by atoms with van der Waals surface area (Å²) in [6.45, 7) is 11.7. The zero-order valence-electron chi connectivity index (χ0n) is 20.6. The van der Waals surface area contributed by atoms with E-state index in [4.69, 9.17) is 14.2 Å². The highest BCUT2D eigenvalue weighted by Gasteiger charge is 2.24. The van der Waals surface area contributed by atoms with E-state index >= 15 is 0 Å². The first-order valence-corrected chi connectivity index (χ1v) is 11.7. The van der Waals surface area contributed by atoms with Gasteiger partial charge in [-0.25, -0.2) is 0 Å². The van der Waals surface area contributed by atoms with Crippen molar-refractivity contribution in [2.75, 3.05) is 49.7 Å². The van der Waals surface area contributed by atoms with Gasteiger partial charge in [-0.15, -0.1) is 0 Å². The molecule has 1 aliphatic rings. The maximum atomic E-state index is 13.5. The molecule has 0 aliphatic carbocycles. The number of carbonyl (C=O) groups is 1. The first-order chi connectivity index (χ1) is 16.4. The lowest BCUT2D eigenvalue weighted by atomic mass is 10.2. The van der Waals surface area contributed by atoms with Crippen LogP contribution in [0.1, 0.15) is 35.6 Å². The monoisotopic (exact) mass is 467 g/mol. The van der Waals surface area contributed by atoms with Gasteiger partial charge in [-0.3, -0.25) is 9.48 Å². The van der Waals surface area contributed by atoms with Crippen LogP contribution >= 0.6 is 0 Å². The number of hydrogen-bond donors (Lipinski definition) is 1. The van der Waals surface area contributed by atoms with Gasteiger partial charge in [-0.05, 0) is 39.8 Å². The lowest BCUT2D eigenvalue weighted by Crippen LogP contribution is -2.36. The molecule has 1 N–H and O–H groups in total. The number of benzene rings is 1. The van der Waals surface area contributed by atoms with Gasteiger partial charge >= 0.3 is 0 Å². The van der Waals surface area contributed by atoms with E-state index < -0.39 is 0 Å². The molecule has 182 valence electrons. The van der Waals surface area contributed by atoms with E-state index in [0.29, 0.717) is 55.0 Å². The number of carbonyl (C=O) groups excluding carboxylic acids is 1. The average Bonchev–Trinajstić information content (AvgIpc) is 3.36. The maximum Gasteiger partial charge on any atom is 0.261 e. The molecule has 1 fully saturated rings. The van der Waals surface area contributed by atoms with Gasteiger partial charge in [-0.2, -0.15) is 5.10 Å². The number of aromatic nitrogens is 3. The molecule has 0 spiro atoms. The Bertz CT molecular complexity index is 1140. The van der Waals surface area contributed by atoms with E-state index in [1.54, 1.807) is 10.9 Å². The highest BCUT2D eigenvalue weighted by atomic mass is 16.5. The SMILES string of the molecule is CCOc1cc(N2CCOCC2)c(OCC)cc1NC(=O)c1cnn(C)c1-n1c(C)ccc1C. The predicted octanol–water partition coefficient (Wildman–Crippen LogP) is 3.71. The van der Waals surface area contributed by atoms with Crippen LogP contribution in [0, 0.1) is 13.8 Å². The fourth-order valence-corrected chi connectivity index (χ4v) is 4.29. The Morgan fingerprint density at radius 1 is 1.06 bits per heavy atom. The van der Waals surface area contributed by atoms with Crippen molar-refractivity contribution in [3.8, 4) is 17.3 Å². The Balaban J connectivity index is 1.71. The van der Waals surface area contributed by atoms with Gasteiger partial charge in [0.1, 0.15) is 22.9 Å². The summed E-state index contributed by atoms with van der Waals surface area (Å²) in [6.07, 6.45) is 1.59. The quantitative estimate of drug-likeness (QED) is 0.544. The largest absolute Gasteiger partial charge is 0.492 e. The van der Waals surface area contributed by atoms with Gasteiger partial charge in [0.2, 0.25) is 0 Å². The molecule has 4 rings (SSSR count). The zero-order chi connectivity index (χ0) is 24.2. The second-order valence-electron chi connectivity index (χ2n) is 8.19. The Labute approximate surface area is 200 Å². The van der Waals surface area contributed by atoms with Crippen molar-refractivity contribution >= 4 is 17.3 Å². The van der Waals surface area contributed by atoms with E-state index in [1.807, 2.05) is 63.6 Å². The van der Waals surface area contributed by atoms with Crippen LogP contribution in [0.15, 0.2) is 30.5 Å². The Hall–Kier alpha value is -3.46. The normalized spacial score (nSPS) is 13.7. The minimum atomic E-state index is -0.266. The van der Waals surface area contributed by atoms with Gasteiger partial charge in [0.05, 0.1) is 44.0 Å². The summed E-state index contributed by atoms with van der Waals surface area (Å²) >= 11 is 0. The van der Waals surface area contributed by atoms with Crippen LogP contribution in [0.3, 0.4) is 0 Å². The van der Waals surface area contributed by atoms with Crippen molar-refractivity contribution in [3.05, 3.63) is 47.4 Å². The number of morpholine rings is 1. The highest BCUT2D eigenvalue weighted by molar-refractivity contribution is 6.07. The van der Waals surface area contributed by atoms with Crippen molar-refractivity contribution in [1.29, 1.82) is 0 Å². The molecule has 1 aromatic carbocycles. The van der Waals surface area contributed by atoms with E-state index in [2.05, 4.69) is 15.3 Å². The van der Waals surface area contributed by atoms with Crippen molar-refractivity contribution < 1.29 is 19.0 Å². The van der Waals surface area contributed by atoms with Crippen molar-refractivity contribution in [2.45, 2.75) is 27.7 Å². The number of amides is 1. The molecule has 34 heavy (non-hydrogen) atoms. The topological polar surface area (TPSA) is 82.8 Å². The molecule has 0 unspecified atom stereocenters. The summed E-state index contributed by atoms with van der Waals surface area (Å²) in [5.74, 6) is 1.75. The van der Waals surface area contributed by atoms with Gasteiger partial charge in [0.25, 0.3) is 5.91 Å². The summed E-state index contributed by atoms with van der Waals surface area (Å²) in [6, 6.07) is 7.84. The van der Waals surface area contributed by atoms with E-state index in [0.717, 1.165) is 30.2 Å². The number of nitrogens with zero attached hydrogens (tertiary/aromatic N) is 4. The van der Waals surface area contributed by atoms with E-state index in [1.165, 1.54) is 0 Å². The van der Waals surface area contributed by atoms with Crippen LogP contribution in [0.25, 0.3) is 5.82 Å². The molecule has 3 heterocycles. The lowest BCUT2D eigenvalue weighted by Gasteiger charge is -2.31. The number of rotatable bonds is 8. The second kappa shape index (κ2) is 10.2. The van der Waals surface area contributed by atoms with Crippen LogP contribution in [0.4, 0.5) is 11.4 Å². The first kappa shape index (κ1) is 23.7. The van der Waals surface area contributed by atoms with Crippen LogP contribution in [0.5, 0.6) is 11.5 Å². The predicted molar refractivity (Wildman–Crippen MR) is 132 cm³/mol. The summed E-state index contributed by atoms with van der Waals surface area (Å²) in [7, 11) is 1.83. The first-order valence-electron chi connectivity index (χ1n) is 11.7. The average molecular weight is 468 g/mol. The smallest absolute Gasteiger partial charge is 0.261 e. The molecule has 0 radical (unpaired) electrons. The molecule has 1 saturated heterocycles. The fraction of sp³-hybridized carbons (Fsp3) is 0.440. The van der Waals surface area contributed by atoms with Crippen molar-refractivity contribution in [1.82, 2.24) is 14.3 Å². The summed E-state index contributed by atoms with van der Waals surface area (Å²) in [5, 5.41) is 7.40. The van der Waals surface area contributed by atoms with Gasteiger partial charge in [0.15, 0.2) is 0 Å². The van der Waals surface area contributed by atoms with Crippen LogP contribution in [-0.2, 0) is 11.8 Å². The number of nitrogens with one attached hydrogen (secondary N) is 1. The lowest BCUT2D eigenvalue weighted by molar-refractivity contribution is 0.102. The van der Waals surface area contributed by atoms with Crippen molar-refractivity contribution in [2.24, 2.45) is 7.05 Å². The van der Waals surface area contributed by atoms with Gasteiger partial charge < -0.3 is 29.0 Å². The molecular weight excluding hydrogens is 434 g/mol. The Morgan fingerprint density at radius 3 is 2.35 bits per heavy atom. The Morgan fingerprint density at radius 2 is 1.71 bits per heavy atom. The van der Waals surface area contributed by atoms with Crippen LogP contribution in [-0.4, -0.2) is 59.8 Å². The molecular formula is C25H33N5O4. The summed E-state index contributed by atoms with van der Waals surface area (Å²) < 4.78 is 21.1. The van der Waals surface area contributed by atoms with Gasteiger partial charge in [0, 0.05) is 43.7 Å². The van der Waals surface area contributed by atoms with Crippen molar-refractivity contribution in [3.63, 3.8) is 0 Å². The number of hydrogen-bond acceptors (Lipinski definition) is 6. The molecule has 9 heteroatoms. The highest BCUT2D eigenvalue weighted by Crippen LogP contribution is 2.39. The number of ether oxygens (including phenoxy) is 3. The molecule has 3 aromatic rings. The second-order valence-corrected chi connectivity index (χ2v) is 8.19. The molecule has 9 nitrogen and oxygen atoms in total. The van der Waals surface area contributed by atoms with E-state index in [-0.39, 0.29) is 5.91 Å². The molecule has 0 bridgehead atoms. The molecule has 0 atom stereocenters. The molecule has 1 aliphatic heterocycles. The van der Waals surface area contributed by atoms with Gasteiger partial charge in [-0.1, -0.05) is 0 Å². The van der Waals surface area contributed by atoms with E-state index in [9.17, 15) is 4.79 Å². The number of anilines is 2. The molecule has 2 aromatic heterocycles. The third-order valence-corrected chi connectivity index (χ3v) is 5.90. The maximum absolute atomic E-state index is 13.5. The molecule has 1 amide bonds. The Kier molecular flexibility index (Phi) is 7.12. The molecule has 0 saturated carbocycles. The zero-order valence-corrected chi connectivity index (χ0v) is 20.6.